The van der Waals surface area contributed by atoms with E-state index in [1.165, 1.54) is 30.0 Å². The van der Waals surface area contributed by atoms with Crippen LogP contribution in [0.1, 0.15) is 80.5 Å². The van der Waals surface area contributed by atoms with Crippen LogP contribution in [0.5, 0.6) is 5.75 Å². The van der Waals surface area contributed by atoms with Gasteiger partial charge >= 0.3 is 6.09 Å². The third-order valence-electron chi connectivity index (χ3n) is 9.52. The lowest BCUT2D eigenvalue weighted by molar-refractivity contribution is -0.121. The Morgan fingerprint density at radius 3 is 2.40 bits per heavy atom. The third-order valence-corrected chi connectivity index (χ3v) is 10.4. The lowest BCUT2D eigenvalue weighted by atomic mass is 10.00. The van der Waals surface area contributed by atoms with Crippen LogP contribution in [0.3, 0.4) is 0 Å². The Kier molecular flexibility index (Phi) is 18.4. The van der Waals surface area contributed by atoms with Crippen LogP contribution in [0.4, 0.5) is 10.5 Å². The van der Waals surface area contributed by atoms with Crippen molar-refractivity contribution >= 4 is 39.9 Å². The number of nitrogens with one attached hydrogen (secondary N) is 5. The number of benzene rings is 3. The van der Waals surface area contributed by atoms with Crippen LogP contribution in [0, 0.1) is 0 Å². The number of aryl methyl sites for hydroxylation is 2. The Morgan fingerprint density at radius 2 is 1.64 bits per heavy atom. The summed E-state index contributed by atoms with van der Waals surface area (Å²) >= 11 is 0. The van der Waals surface area contributed by atoms with Crippen LogP contribution >= 0.6 is 0 Å². The Balaban J connectivity index is 1.12. The number of hydrogen-bond acceptors (Lipinski definition) is 10. The smallest absolute Gasteiger partial charge is 0.410 e. The summed E-state index contributed by atoms with van der Waals surface area (Å²) in [6.45, 7) is 3.65. The molecule has 3 aromatic carbocycles. The van der Waals surface area contributed by atoms with Gasteiger partial charge in [-0.05, 0) is 86.2 Å². The van der Waals surface area contributed by atoms with E-state index in [9.17, 15) is 27.4 Å². The molecule has 3 aromatic rings. The highest BCUT2D eigenvalue weighted by Crippen LogP contribution is 2.26. The number of ether oxygens (including phenoxy) is 1. The number of para-hydroxylation sites is 1. The maximum Gasteiger partial charge on any atom is 0.419 e. The molecule has 0 aliphatic carbocycles. The maximum atomic E-state index is 13.3. The van der Waals surface area contributed by atoms with Crippen molar-refractivity contribution in [3.63, 3.8) is 0 Å². The standard InChI is InChI=1S/C43H57N7O7S/c1-4-5-15-32-22-24-38(57-43(53)50(3)37-19-13-11-17-34(37)29-44-2)33(28-32)16-9-7-6-8-10-21-41(51)45-26-27-46-42(52)36-23-25-40(47-30-36)49-48-31-35-18-12-14-20-39(35)58(54,55)56/h11-14,17-20,22-25,28,31,44,47,49H,4-10,15-16,21,26-27,29-30H2,1-3H3,(H,45,51)(H,46,52)(H,54,55,56)/b48-31+. The summed E-state index contributed by atoms with van der Waals surface area (Å²) in [6.07, 6.45) is 13.1. The van der Waals surface area contributed by atoms with E-state index in [0.29, 0.717) is 36.7 Å². The minimum atomic E-state index is -4.39. The second-order valence-corrected chi connectivity index (χ2v) is 15.4. The normalized spacial score (nSPS) is 12.6. The van der Waals surface area contributed by atoms with E-state index in [1.807, 2.05) is 37.4 Å². The van der Waals surface area contributed by atoms with Crippen molar-refractivity contribution in [2.45, 2.75) is 82.6 Å². The molecule has 0 unspecified atom stereocenters. The van der Waals surface area contributed by atoms with E-state index in [1.54, 1.807) is 30.2 Å². The fourth-order valence-corrected chi connectivity index (χ4v) is 7.00. The Labute approximate surface area is 342 Å². The molecule has 0 aromatic heterocycles. The lowest BCUT2D eigenvalue weighted by Gasteiger charge is -2.21. The number of hydrazone groups is 1. The molecule has 15 heteroatoms. The Hall–Kier alpha value is -5.51. The summed E-state index contributed by atoms with van der Waals surface area (Å²) < 4.78 is 38.4. The van der Waals surface area contributed by atoms with Gasteiger partial charge < -0.3 is 26.0 Å². The van der Waals surface area contributed by atoms with E-state index < -0.39 is 16.2 Å². The van der Waals surface area contributed by atoms with Crippen molar-refractivity contribution in [2.24, 2.45) is 5.10 Å². The van der Waals surface area contributed by atoms with E-state index >= 15 is 0 Å². The van der Waals surface area contributed by atoms with Gasteiger partial charge in [0.15, 0.2) is 0 Å². The number of unbranched alkanes of at least 4 members (excludes halogenated alkanes) is 5. The van der Waals surface area contributed by atoms with Crippen LogP contribution in [-0.2, 0) is 39.1 Å². The average Bonchev–Trinajstić information content (AvgIpc) is 3.22. The molecule has 0 atom stereocenters. The minimum absolute atomic E-state index is 0.0555. The van der Waals surface area contributed by atoms with Crippen LogP contribution in [0.15, 0.2) is 100 Å². The zero-order valence-corrected chi connectivity index (χ0v) is 34.5. The predicted octanol–water partition coefficient (Wildman–Crippen LogP) is 5.74. The van der Waals surface area contributed by atoms with Gasteiger partial charge in [-0.2, -0.15) is 13.5 Å². The molecule has 312 valence electrons. The largest absolute Gasteiger partial charge is 0.419 e. The monoisotopic (exact) mass is 815 g/mol. The summed E-state index contributed by atoms with van der Waals surface area (Å²) in [7, 11) is -0.784. The average molecular weight is 816 g/mol. The number of rotatable bonds is 23. The Morgan fingerprint density at radius 1 is 0.897 bits per heavy atom. The van der Waals surface area contributed by atoms with Crippen LogP contribution in [0.25, 0.3) is 0 Å². The SMILES string of the molecule is CCCCc1ccc(OC(=O)N(C)c2ccccc2CNC)c(CCCCCCCC(=O)NCCNC(=O)C2=CC=C(N/N=C/c3ccccc3S(=O)(=O)O)NC2)c1. The van der Waals surface area contributed by atoms with Gasteiger partial charge in [-0.25, -0.2) is 4.79 Å². The van der Waals surface area contributed by atoms with Crippen molar-refractivity contribution in [2.75, 3.05) is 38.6 Å². The molecule has 58 heavy (non-hydrogen) atoms. The van der Waals surface area contributed by atoms with Gasteiger partial charge in [0.1, 0.15) is 16.5 Å². The molecule has 0 spiro atoms. The molecule has 0 fully saturated rings. The second-order valence-electron chi connectivity index (χ2n) is 14.0. The quantitative estimate of drug-likeness (QED) is 0.0298. The first-order chi connectivity index (χ1) is 28.0. The first-order valence-electron chi connectivity index (χ1n) is 19.8. The molecule has 0 radical (unpaired) electrons. The molecule has 6 N–H and O–H groups in total. The van der Waals surface area contributed by atoms with Crippen molar-refractivity contribution in [3.8, 4) is 5.75 Å². The van der Waals surface area contributed by atoms with Crippen molar-refractivity contribution in [3.05, 3.63) is 113 Å². The maximum absolute atomic E-state index is 13.3. The molecule has 4 rings (SSSR count). The van der Waals surface area contributed by atoms with Crippen LogP contribution in [-0.4, -0.2) is 70.8 Å². The first-order valence-corrected chi connectivity index (χ1v) is 21.3. The molecule has 1 heterocycles. The minimum Gasteiger partial charge on any atom is -0.410 e. The molecular formula is C43H57N7O7S. The molecular weight excluding hydrogens is 759 g/mol. The van der Waals surface area contributed by atoms with Crippen LogP contribution in [0.2, 0.25) is 0 Å². The molecule has 0 saturated heterocycles. The van der Waals surface area contributed by atoms with Crippen molar-refractivity contribution in [1.29, 1.82) is 0 Å². The van der Waals surface area contributed by atoms with E-state index in [0.717, 1.165) is 74.6 Å². The summed E-state index contributed by atoms with van der Waals surface area (Å²) in [5.74, 6) is 0.768. The fourth-order valence-electron chi connectivity index (χ4n) is 6.33. The van der Waals surface area contributed by atoms with Gasteiger partial charge in [0.25, 0.3) is 10.1 Å². The van der Waals surface area contributed by atoms with Gasteiger partial charge in [-0.3, -0.25) is 24.5 Å². The number of allylic oxidation sites excluding steroid dienone is 2. The Bertz CT molecular complexity index is 2050. The van der Waals surface area contributed by atoms with Gasteiger partial charge in [0.05, 0.1) is 11.9 Å². The topological polar surface area (TPSA) is 191 Å². The zero-order chi connectivity index (χ0) is 41.8. The fraction of sp³-hybridized carbons (Fsp3) is 0.395. The first kappa shape index (κ1) is 45.2. The van der Waals surface area contributed by atoms with E-state index in [2.05, 4.69) is 50.9 Å². The second kappa shape index (κ2) is 23.7. The molecule has 3 amide bonds. The zero-order valence-electron chi connectivity index (χ0n) is 33.7. The van der Waals surface area contributed by atoms with E-state index in [-0.39, 0.29) is 35.4 Å². The molecule has 14 nitrogen and oxygen atoms in total. The highest BCUT2D eigenvalue weighted by molar-refractivity contribution is 7.86. The molecule has 1 aliphatic heterocycles. The van der Waals surface area contributed by atoms with Gasteiger partial charge in [-0.1, -0.05) is 81.1 Å². The summed E-state index contributed by atoms with van der Waals surface area (Å²) in [6, 6.07) is 19.8. The van der Waals surface area contributed by atoms with Gasteiger partial charge in [0.2, 0.25) is 11.8 Å². The predicted molar refractivity (Wildman–Crippen MR) is 227 cm³/mol. The summed E-state index contributed by atoms with van der Waals surface area (Å²) in [5.41, 5.74) is 7.53. The van der Waals surface area contributed by atoms with Crippen molar-refractivity contribution < 1.29 is 32.1 Å². The molecule has 0 bridgehead atoms. The van der Waals surface area contributed by atoms with Gasteiger partial charge in [-0.15, -0.1) is 0 Å². The highest BCUT2D eigenvalue weighted by atomic mass is 32.2. The number of carbonyl (C=O) groups excluding carboxylic acids is 3. The molecule has 1 aliphatic rings. The van der Waals surface area contributed by atoms with E-state index in [4.69, 9.17) is 4.74 Å². The summed E-state index contributed by atoms with van der Waals surface area (Å²) in [5, 5.41) is 15.8. The number of amides is 3. The third kappa shape index (κ3) is 14.8. The number of nitrogens with zero attached hydrogens (tertiary/aromatic N) is 2. The van der Waals surface area contributed by atoms with Gasteiger partial charge in [0, 0.05) is 50.8 Å². The number of hydrogen-bond donors (Lipinski definition) is 6. The van der Waals surface area contributed by atoms with Crippen LogP contribution < -0.4 is 36.3 Å². The molecule has 0 saturated carbocycles. The highest BCUT2D eigenvalue weighted by Gasteiger charge is 2.19. The number of dihydropyridines is 1. The number of anilines is 1. The lowest BCUT2D eigenvalue weighted by Crippen LogP contribution is -2.38. The number of carbonyl (C=O) groups is 3. The summed E-state index contributed by atoms with van der Waals surface area (Å²) in [4.78, 5) is 39.5. The van der Waals surface area contributed by atoms with Crippen molar-refractivity contribution in [1.82, 2.24) is 26.7 Å².